The Hall–Kier alpha value is -0.940. The molecule has 19 heavy (non-hydrogen) atoms. The maximum absolute atomic E-state index is 4.41. The van der Waals surface area contributed by atoms with E-state index in [1.165, 1.54) is 6.42 Å². The Balaban J connectivity index is 1.93. The molecule has 1 aromatic heterocycles. The molecule has 2 unspecified atom stereocenters. The van der Waals surface area contributed by atoms with Crippen LogP contribution < -0.4 is 5.32 Å². The van der Waals surface area contributed by atoms with Crippen molar-refractivity contribution in [3.63, 3.8) is 0 Å². The first-order valence-corrected chi connectivity index (χ1v) is 7.57. The fourth-order valence-electron chi connectivity index (χ4n) is 2.66. The van der Waals surface area contributed by atoms with Crippen molar-refractivity contribution in [2.45, 2.75) is 52.7 Å². The van der Waals surface area contributed by atoms with Crippen LogP contribution in [0.25, 0.3) is 0 Å². The molecule has 0 aromatic carbocycles. The third-order valence-corrected chi connectivity index (χ3v) is 4.12. The summed E-state index contributed by atoms with van der Waals surface area (Å²) in [6.07, 6.45) is 4.02. The summed E-state index contributed by atoms with van der Waals surface area (Å²) >= 11 is 0. The van der Waals surface area contributed by atoms with Crippen LogP contribution in [-0.2, 0) is 13.1 Å². The van der Waals surface area contributed by atoms with E-state index in [-0.39, 0.29) is 0 Å². The summed E-state index contributed by atoms with van der Waals surface area (Å²) in [4.78, 5) is 6.91. The van der Waals surface area contributed by atoms with E-state index in [4.69, 9.17) is 0 Å². The van der Waals surface area contributed by atoms with Crippen LogP contribution in [0.5, 0.6) is 0 Å². The molecule has 108 valence electrons. The Morgan fingerprint density at radius 3 is 3.05 bits per heavy atom. The molecule has 0 bridgehead atoms. The van der Waals surface area contributed by atoms with Gasteiger partial charge in [-0.3, -0.25) is 4.90 Å². The second kappa shape index (κ2) is 7.01. The monoisotopic (exact) mass is 265 g/mol. The van der Waals surface area contributed by atoms with E-state index < -0.39 is 0 Å². The maximum atomic E-state index is 4.41. The van der Waals surface area contributed by atoms with Gasteiger partial charge in [-0.15, -0.1) is 0 Å². The number of rotatable bonds is 6. The average Bonchev–Trinajstić information content (AvgIpc) is 2.86. The molecule has 2 heterocycles. The summed E-state index contributed by atoms with van der Waals surface area (Å²) in [5.74, 6) is 1.84. The highest BCUT2D eigenvalue weighted by Gasteiger charge is 2.24. The third-order valence-electron chi connectivity index (χ3n) is 4.12. The van der Waals surface area contributed by atoms with Crippen molar-refractivity contribution in [2.75, 3.05) is 19.6 Å². The molecule has 0 aliphatic carbocycles. The molecule has 5 heteroatoms. The molecule has 1 saturated heterocycles. The average molecular weight is 265 g/mol. The molecule has 1 aliphatic rings. The van der Waals surface area contributed by atoms with E-state index in [2.05, 4.69) is 41.1 Å². The first-order chi connectivity index (χ1) is 9.24. The smallest absolute Gasteiger partial charge is 0.141 e. The van der Waals surface area contributed by atoms with Crippen molar-refractivity contribution in [3.05, 3.63) is 12.2 Å². The zero-order chi connectivity index (χ0) is 13.7. The van der Waals surface area contributed by atoms with Crippen molar-refractivity contribution in [1.82, 2.24) is 25.0 Å². The van der Waals surface area contributed by atoms with Crippen LogP contribution in [-0.4, -0.2) is 45.3 Å². The van der Waals surface area contributed by atoms with Gasteiger partial charge >= 0.3 is 0 Å². The Morgan fingerprint density at radius 2 is 2.32 bits per heavy atom. The SMILES string of the molecule is CCCn1ncnc1CN1CCNC(C(C)CC)C1. The van der Waals surface area contributed by atoms with Gasteiger partial charge in [0.05, 0.1) is 6.54 Å². The largest absolute Gasteiger partial charge is 0.311 e. The Labute approximate surface area is 116 Å². The number of hydrogen-bond acceptors (Lipinski definition) is 4. The summed E-state index contributed by atoms with van der Waals surface area (Å²) in [6.45, 7) is 12.0. The number of aryl methyl sites for hydroxylation is 1. The Morgan fingerprint density at radius 1 is 1.47 bits per heavy atom. The number of nitrogens with zero attached hydrogens (tertiary/aromatic N) is 4. The summed E-state index contributed by atoms with van der Waals surface area (Å²) < 4.78 is 2.04. The summed E-state index contributed by atoms with van der Waals surface area (Å²) in [7, 11) is 0. The predicted octanol–water partition coefficient (Wildman–Crippen LogP) is 1.51. The van der Waals surface area contributed by atoms with Gasteiger partial charge in [-0.1, -0.05) is 27.2 Å². The first kappa shape index (κ1) is 14.5. The minimum Gasteiger partial charge on any atom is -0.311 e. The van der Waals surface area contributed by atoms with Crippen molar-refractivity contribution in [3.8, 4) is 0 Å². The molecule has 1 aromatic rings. The summed E-state index contributed by atoms with van der Waals surface area (Å²) in [5.41, 5.74) is 0. The maximum Gasteiger partial charge on any atom is 0.141 e. The van der Waals surface area contributed by atoms with E-state index >= 15 is 0 Å². The summed E-state index contributed by atoms with van der Waals surface area (Å²) in [5, 5.41) is 7.94. The molecule has 1 aliphatic heterocycles. The van der Waals surface area contributed by atoms with Crippen LogP contribution in [0.4, 0.5) is 0 Å². The molecular formula is C14H27N5. The van der Waals surface area contributed by atoms with E-state index in [0.717, 1.165) is 50.9 Å². The molecule has 5 nitrogen and oxygen atoms in total. The van der Waals surface area contributed by atoms with Gasteiger partial charge in [0.15, 0.2) is 0 Å². The van der Waals surface area contributed by atoms with Gasteiger partial charge in [0.25, 0.3) is 0 Å². The van der Waals surface area contributed by atoms with E-state index in [1.807, 2.05) is 4.68 Å². The molecular weight excluding hydrogens is 238 g/mol. The Kier molecular flexibility index (Phi) is 5.34. The third kappa shape index (κ3) is 3.76. The van der Waals surface area contributed by atoms with Gasteiger partial charge in [0.2, 0.25) is 0 Å². The molecule has 2 rings (SSSR count). The van der Waals surface area contributed by atoms with Gasteiger partial charge in [0, 0.05) is 32.2 Å². The molecule has 2 atom stereocenters. The fourth-order valence-corrected chi connectivity index (χ4v) is 2.66. The topological polar surface area (TPSA) is 46.0 Å². The van der Waals surface area contributed by atoms with Crippen LogP contribution in [0.2, 0.25) is 0 Å². The van der Waals surface area contributed by atoms with E-state index in [9.17, 15) is 0 Å². The number of piperazine rings is 1. The van der Waals surface area contributed by atoms with Crippen LogP contribution in [0, 0.1) is 5.92 Å². The Bertz CT molecular complexity index is 376. The van der Waals surface area contributed by atoms with Crippen molar-refractivity contribution < 1.29 is 0 Å². The molecule has 0 radical (unpaired) electrons. The minimum atomic E-state index is 0.612. The van der Waals surface area contributed by atoms with Crippen LogP contribution in [0.15, 0.2) is 6.33 Å². The standard InChI is InChI=1S/C14H27N5/c1-4-7-19-14(16-11-17-19)10-18-8-6-15-13(9-18)12(3)5-2/h11-13,15H,4-10H2,1-3H3. The van der Waals surface area contributed by atoms with Gasteiger partial charge in [0.1, 0.15) is 12.2 Å². The first-order valence-electron chi connectivity index (χ1n) is 7.57. The molecule has 0 spiro atoms. The highest BCUT2D eigenvalue weighted by atomic mass is 15.4. The van der Waals surface area contributed by atoms with Gasteiger partial charge in [-0.25, -0.2) is 9.67 Å². The minimum absolute atomic E-state index is 0.612. The van der Waals surface area contributed by atoms with Crippen molar-refractivity contribution >= 4 is 0 Å². The predicted molar refractivity (Wildman–Crippen MR) is 76.8 cm³/mol. The number of aromatic nitrogens is 3. The van der Waals surface area contributed by atoms with E-state index in [1.54, 1.807) is 6.33 Å². The highest BCUT2D eigenvalue weighted by molar-refractivity contribution is 4.89. The lowest BCUT2D eigenvalue weighted by Gasteiger charge is -2.36. The van der Waals surface area contributed by atoms with Crippen molar-refractivity contribution in [2.24, 2.45) is 5.92 Å². The van der Waals surface area contributed by atoms with Gasteiger partial charge in [-0.2, -0.15) is 5.10 Å². The van der Waals surface area contributed by atoms with Crippen LogP contribution >= 0.6 is 0 Å². The number of nitrogens with one attached hydrogen (secondary N) is 1. The molecule has 0 saturated carbocycles. The van der Waals surface area contributed by atoms with Gasteiger partial charge < -0.3 is 5.32 Å². The fraction of sp³-hybridized carbons (Fsp3) is 0.857. The van der Waals surface area contributed by atoms with Crippen LogP contribution in [0.3, 0.4) is 0 Å². The zero-order valence-corrected chi connectivity index (χ0v) is 12.5. The lowest BCUT2D eigenvalue weighted by Crippen LogP contribution is -2.52. The zero-order valence-electron chi connectivity index (χ0n) is 12.5. The lowest BCUT2D eigenvalue weighted by atomic mass is 9.97. The normalized spacial score (nSPS) is 22.6. The van der Waals surface area contributed by atoms with Gasteiger partial charge in [-0.05, 0) is 12.3 Å². The second-order valence-corrected chi connectivity index (χ2v) is 5.58. The second-order valence-electron chi connectivity index (χ2n) is 5.58. The molecule has 1 fully saturated rings. The highest BCUT2D eigenvalue weighted by Crippen LogP contribution is 2.13. The van der Waals surface area contributed by atoms with E-state index in [0.29, 0.717) is 6.04 Å². The quantitative estimate of drug-likeness (QED) is 0.847. The molecule has 0 amide bonds. The molecule has 1 N–H and O–H groups in total. The lowest BCUT2D eigenvalue weighted by molar-refractivity contribution is 0.157. The summed E-state index contributed by atoms with van der Waals surface area (Å²) in [6, 6.07) is 0.612. The van der Waals surface area contributed by atoms with Crippen LogP contribution in [0.1, 0.15) is 39.4 Å². The number of hydrogen-bond donors (Lipinski definition) is 1. The van der Waals surface area contributed by atoms with Crippen molar-refractivity contribution in [1.29, 1.82) is 0 Å².